The molecule has 1 saturated heterocycles. The summed E-state index contributed by atoms with van der Waals surface area (Å²) in [5.41, 5.74) is 0. The summed E-state index contributed by atoms with van der Waals surface area (Å²) in [6.07, 6.45) is 1.37. The highest BCUT2D eigenvalue weighted by molar-refractivity contribution is 5.70. The Morgan fingerprint density at radius 1 is 1.65 bits per heavy atom. The zero-order valence-electron chi connectivity index (χ0n) is 10.1. The van der Waals surface area contributed by atoms with Crippen LogP contribution in [0.3, 0.4) is 0 Å². The lowest BCUT2D eigenvalue weighted by Gasteiger charge is -2.35. The topological polar surface area (TPSA) is 79.5 Å². The molecule has 1 aromatic heterocycles. The number of aliphatic carboxylic acids is 1. The van der Waals surface area contributed by atoms with Gasteiger partial charge in [0, 0.05) is 6.04 Å². The molecule has 1 aromatic rings. The van der Waals surface area contributed by atoms with Gasteiger partial charge in [0.1, 0.15) is 0 Å². The van der Waals surface area contributed by atoms with E-state index in [1.54, 1.807) is 6.92 Å². The number of rotatable bonds is 3. The van der Waals surface area contributed by atoms with Gasteiger partial charge in [-0.25, -0.2) is 0 Å². The largest absolute Gasteiger partial charge is 0.481 e. The number of carboxylic acid groups (broad SMARTS) is 1. The van der Waals surface area contributed by atoms with Crippen LogP contribution in [-0.2, 0) is 11.3 Å². The third-order valence-electron chi connectivity index (χ3n) is 3.27. The van der Waals surface area contributed by atoms with Gasteiger partial charge in [-0.3, -0.25) is 9.69 Å². The van der Waals surface area contributed by atoms with Crippen molar-refractivity contribution in [1.82, 2.24) is 15.0 Å². The van der Waals surface area contributed by atoms with Crippen LogP contribution in [0.25, 0.3) is 0 Å². The van der Waals surface area contributed by atoms with Crippen LogP contribution in [0.5, 0.6) is 0 Å². The normalized spacial score (nSPS) is 26.0. The summed E-state index contributed by atoms with van der Waals surface area (Å²) in [5, 5.41) is 12.7. The summed E-state index contributed by atoms with van der Waals surface area (Å²) in [5.74, 6) is 0.326. The fourth-order valence-corrected chi connectivity index (χ4v) is 2.26. The number of aryl methyl sites for hydroxylation is 1. The lowest BCUT2D eigenvalue weighted by Crippen LogP contribution is -2.42. The Morgan fingerprint density at radius 2 is 2.41 bits per heavy atom. The Balaban J connectivity index is 1.93. The summed E-state index contributed by atoms with van der Waals surface area (Å²) in [7, 11) is 0. The van der Waals surface area contributed by atoms with E-state index in [1.165, 1.54) is 0 Å². The first-order valence-electron chi connectivity index (χ1n) is 5.82. The zero-order chi connectivity index (χ0) is 12.4. The molecule has 0 amide bonds. The lowest BCUT2D eigenvalue weighted by atomic mass is 9.92. The van der Waals surface area contributed by atoms with Crippen LogP contribution in [0.1, 0.15) is 31.5 Å². The van der Waals surface area contributed by atoms with Crippen molar-refractivity contribution < 1.29 is 14.4 Å². The van der Waals surface area contributed by atoms with Crippen LogP contribution in [0.2, 0.25) is 0 Å². The van der Waals surface area contributed by atoms with Crippen LogP contribution in [0.15, 0.2) is 4.52 Å². The highest BCUT2D eigenvalue weighted by Crippen LogP contribution is 2.24. The first kappa shape index (κ1) is 12.0. The molecule has 2 unspecified atom stereocenters. The minimum atomic E-state index is -0.690. The molecule has 6 nitrogen and oxygen atoms in total. The van der Waals surface area contributed by atoms with Crippen molar-refractivity contribution in [2.75, 3.05) is 6.54 Å². The van der Waals surface area contributed by atoms with Crippen molar-refractivity contribution in [2.24, 2.45) is 5.92 Å². The molecule has 2 rings (SSSR count). The molecule has 2 heterocycles. The van der Waals surface area contributed by atoms with Gasteiger partial charge < -0.3 is 9.63 Å². The first-order valence-corrected chi connectivity index (χ1v) is 5.82. The molecule has 1 aliphatic rings. The Hall–Kier alpha value is -1.43. The third kappa shape index (κ3) is 2.82. The number of aromatic nitrogens is 2. The molecule has 0 aromatic carbocycles. The highest BCUT2D eigenvalue weighted by atomic mass is 16.5. The van der Waals surface area contributed by atoms with Crippen LogP contribution >= 0.6 is 0 Å². The van der Waals surface area contributed by atoms with Gasteiger partial charge in [-0.15, -0.1) is 0 Å². The molecule has 0 saturated carbocycles. The van der Waals surface area contributed by atoms with Gasteiger partial charge in [-0.1, -0.05) is 5.16 Å². The standard InChI is InChI=1S/C11H17N3O3/c1-7-5-9(11(15)16)3-4-14(7)6-10-12-8(2)13-17-10/h7,9H,3-6H2,1-2H3,(H,15,16). The maximum atomic E-state index is 10.9. The lowest BCUT2D eigenvalue weighted by molar-refractivity contribution is -0.144. The van der Waals surface area contributed by atoms with E-state index in [4.69, 9.17) is 9.63 Å². The van der Waals surface area contributed by atoms with Crippen LogP contribution < -0.4 is 0 Å². The number of carboxylic acids is 1. The molecule has 1 N–H and O–H groups in total. The maximum absolute atomic E-state index is 10.9. The van der Waals surface area contributed by atoms with Gasteiger partial charge in [-0.05, 0) is 33.2 Å². The maximum Gasteiger partial charge on any atom is 0.306 e. The van der Waals surface area contributed by atoms with Crippen molar-refractivity contribution in [3.05, 3.63) is 11.7 Å². The summed E-state index contributed by atoms with van der Waals surface area (Å²) in [4.78, 5) is 17.3. The van der Waals surface area contributed by atoms with E-state index < -0.39 is 5.97 Å². The second-order valence-electron chi connectivity index (χ2n) is 4.61. The summed E-state index contributed by atoms with van der Waals surface area (Å²) in [6.45, 7) is 5.19. The van der Waals surface area contributed by atoms with Gasteiger partial charge in [-0.2, -0.15) is 4.98 Å². The molecule has 94 valence electrons. The number of likely N-dealkylation sites (tertiary alicyclic amines) is 1. The van der Waals surface area contributed by atoms with E-state index in [2.05, 4.69) is 15.0 Å². The minimum Gasteiger partial charge on any atom is -0.481 e. The van der Waals surface area contributed by atoms with Crippen molar-refractivity contribution in [2.45, 2.75) is 39.3 Å². The highest BCUT2D eigenvalue weighted by Gasteiger charge is 2.30. The summed E-state index contributed by atoms with van der Waals surface area (Å²) >= 11 is 0. The smallest absolute Gasteiger partial charge is 0.306 e. The van der Waals surface area contributed by atoms with Crippen molar-refractivity contribution in [1.29, 1.82) is 0 Å². The number of piperidine rings is 1. The molecular formula is C11H17N3O3. The van der Waals surface area contributed by atoms with E-state index in [9.17, 15) is 4.79 Å². The Labute approximate surface area is 99.6 Å². The van der Waals surface area contributed by atoms with Gasteiger partial charge >= 0.3 is 5.97 Å². The van der Waals surface area contributed by atoms with E-state index in [1.807, 2.05) is 6.92 Å². The van der Waals surface area contributed by atoms with Crippen LogP contribution in [-0.4, -0.2) is 38.7 Å². The molecular weight excluding hydrogens is 222 g/mol. The van der Waals surface area contributed by atoms with Crippen molar-refractivity contribution in [3.8, 4) is 0 Å². The van der Waals surface area contributed by atoms with Crippen molar-refractivity contribution >= 4 is 5.97 Å². The number of hydrogen-bond acceptors (Lipinski definition) is 5. The van der Waals surface area contributed by atoms with E-state index in [-0.39, 0.29) is 12.0 Å². The van der Waals surface area contributed by atoms with E-state index >= 15 is 0 Å². The second-order valence-corrected chi connectivity index (χ2v) is 4.61. The first-order chi connectivity index (χ1) is 8.06. The Kier molecular flexibility index (Phi) is 3.42. The average Bonchev–Trinajstić information content (AvgIpc) is 2.67. The van der Waals surface area contributed by atoms with Gasteiger partial charge in [0.15, 0.2) is 5.82 Å². The Bertz CT molecular complexity index is 404. The number of hydrogen-bond donors (Lipinski definition) is 1. The predicted octanol–water partition coefficient (Wildman–Crippen LogP) is 1.06. The van der Waals surface area contributed by atoms with Gasteiger partial charge in [0.25, 0.3) is 0 Å². The molecule has 0 aliphatic carbocycles. The predicted molar refractivity (Wildman–Crippen MR) is 59.3 cm³/mol. The molecule has 0 bridgehead atoms. The SMILES string of the molecule is Cc1noc(CN2CCC(C(=O)O)CC2C)n1. The quantitative estimate of drug-likeness (QED) is 0.849. The fourth-order valence-electron chi connectivity index (χ4n) is 2.26. The van der Waals surface area contributed by atoms with E-state index in [0.29, 0.717) is 31.1 Å². The molecule has 2 atom stereocenters. The van der Waals surface area contributed by atoms with Crippen molar-refractivity contribution in [3.63, 3.8) is 0 Å². The molecule has 1 aliphatic heterocycles. The minimum absolute atomic E-state index is 0.217. The van der Waals surface area contributed by atoms with Crippen LogP contribution in [0, 0.1) is 12.8 Å². The average molecular weight is 239 g/mol. The summed E-state index contributed by atoms with van der Waals surface area (Å²) in [6, 6.07) is 0.233. The number of nitrogens with zero attached hydrogens (tertiary/aromatic N) is 3. The molecule has 6 heteroatoms. The molecule has 0 spiro atoms. The third-order valence-corrected chi connectivity index (χ3v) is 3.27. The van der Waals surface area contributed by atoms with Gasteiger partial charge in [0.05, 0.1) is 12.5 Å². The fraction of sp³-hybridized carbons (Fsp3) is 0.727. The number of carbonyl (C=O) groups is 1. The van der Waals surface area contributed by atoms with Gasteiger partial charge in [0.2, 0.25) is 5.89 Å². The summed E-state index contributed by atoms with van der Waals surface area (Å²) < 4.78 is 5.07. The van der Waals surface area contributed by atoms with Crippen LogP contribution in [0.4, 0.5) is 0 Å². The second kappa shape index (κ2) is 4.83. The monoisotopic (exact) mass is 239 g/mol. The molecule has 0 radical (unpaired) electrons. The molecule has 17 heavy (non-hydrogen) atoms. The molecule has 1 fully saturated rings. The zero-order valence-corrected chi connectivity index (χ0v) is 10.1. The van der Waals surface area contributed by atoms with E-state index in [0.717, 1.165) is 6.54 Å². The Morgan fingerprint density at radius 3 is 2.94 bits per heavy atom.